The maximum Gasteiger partial charge on any atom is 0.407 e. The summed E-state index contributed by atoms with van der Waals surface area (Å²) in [5.74, 6) is 0. The highest BCUT2D eigenvalue weighted by atomic mass is 16.6. The summed E-state index contributed by atoms with van der Waals surface area (Å²) in [4.78, 5) is 11.5. The van der Waals surface area contributed by atoms with E-state index in [1.165, 1.54) is 0 Å². The molecule has 5 N–H and O–H groups in total. The number of nitrogens with one attached hydrogen (secondary N) is 1. The molecule has 0 aliphatic carbocycles. The van der Waals surface area contributed by atoms with Crippen LogP contribution in [0.3, 0.4) is 0 Å². The van der Waals surface area contributed by atoms with Crippen molar-refractivity contribution in [3.8, 4) is 0 Å². The lowest BCUT2D eigenvalue weighted by atomic mass is 10.0. The van der Waals surface area contributed by atoms with Crippen LogP contribution in [0.15, 0.2) is 12.2 Å². The average molecular weight is 349 g/mol. The van der Waals surface area contributed by atoms with Crippen LogP contribution in [0.25, 0.3) is 0 Å². The summed E-state index contributed by atoms with van der Waals surface area (Å²) in [5, 5.41) is 41.6. The molecule has 24 heavy (non-hydrogen) atoms. The molecule has 5 atom stereocenters. The molecular formula is C16H31NO7. The van der Waals surface area contributed by atoms with E-state index < -0.39 is 36.1 Å². The third-order valence-corrected chi connectivity index (χ3v) is 3.20. The Morgan fingerprint density at radius 3 is 2.08 bits per heavy atom. The van der Waals surface area contributed by atoms with Crippen LogP contribution in [0.4, 0.5) is 4.79 Å². The third-order valence-electron chi connectivity index (χ3n) is 3.20. The van der Waals surface area contributed by atoms with Crippen molar-refractivity contribution < 1.29 is 34.7 Å². The lowest BCUT2D eigenvalue weighted by Gasteiger charge is -2.27. The molecule has 0 heterocycles. The van der Waals surface area contributed by atoms with Crippen LogP contribution in [0.5, 0.6) is 0 Å². The van der Waals surface area contributed by atoms with Crippen molar-refractivity contribution in [2.45, 2.75) is 70.7 Å². The van der Waals surface area contributed by atoms with Gasteiger partial charge < -0.3 is 35.2 Å². The van der Waals surface area contributed by atoms with E-state index in [1.807, 2.05) is 0 Å². The number of rotatable bonds is 9. The zero-order valence-electron chi connectivity index (χ0n) is 15.0. The molecule has 0 saturated carbocycles. The topological polar surface area (TPSA) is 128 Å². The lowest BCUT2D eigenvalue weighted by Crippen LogP contribution is -2.50. The monoisotopic (exact) mass is 349 g/mol. The number of carbonyl (C=O) groups is 1. The number of ether oxygens (including phenoxy) is 2. The van der Waals surface area contributed by atoms with E-state index in [2.05, 4.69) is 11.9 Å². The molecule has 0 aromatic heterocycles. The minimum Gasteiger partial charge on any atom is -0.444 e. The van der Waals surface area contributed by atoms with Gasteiger partial charge in [-0.05, 0) is 34.6 Å². The Morgan fingerprint density at radius 1 is 1.12 bits per heavy atom. The predicted molar refractivity (Wildman–Crippen MR) is 88.5 cm³/mol. The highest BCUT2D eigenvalue weighted by Crippen LogP contribution is 2.10. The molecule has 0 aliphatic rings. The molecule has 0 spiro atoms. The van der Waals surface area contributed by atoms with Crippen molar-refractivity contribution >= 4 is 6.09 Å². The Labute approximate surface area is 143 Å². The number of hydrogen-bond donors (Lipinski definition) is 5. The van der Waals surface area contributed by atoms with Crippen LogP contribution in [-0.2, 0) is 9.47 Å². The maximum atomic E-state index is 11.5. The summed E-state index contributed by atoms with van der Waals surface area (Å²) >= 11 is 0. The minimum absolute atomic E-state index is 0.238. The molecule has 1 amide bonds. The Bertz CT molecular complexity index is 408. The Kier molecular flexibility index (Phi) is 9.46. The third kappa shape index (κ3) is 9.19. The first-order valence-electron chi connectivity index (χ1n) is 7.81. The van der Waals surface area contributed by atoms with E-state index in [0.29, 0.717) is 0 Å². The Hall–Kier alpha value is -1.19. The maximum absolute atomic E-state index is 11.5. The molecule has 0 fully saturated rings. The molecule has 0 bridgehead atoms. The van der Waals surface area contributed by atoms with Crippen LogP contribution < -0.4 is 5.32 Å². The minimum atomic E-state index is -1.67. The van der Waals surface area contributed by atoms with Crippen LogP contribution >= 0.6 is 0 Å². The molecule has 5 unspecified atom stereocenters. The standard InChI is InChI=1S/C16H31NO7/c1-9(2)10(3)23-8-12(19)14(21)13(20)11(18)7-17-15(22)24-16(4,5)6/h10-14,18-21H,1,7-8H2,2-6H3,(H,17,22). The van der Waals surface area contributed by atoms with Crippen molar-refractivity contribution in [2.24, 2.45) is 0 Å². The van der Waals surface area contributed by atoms with Gasteiger partial charge in [0.15, 0.2) is 0 Å². The van der Waals surface area contributed by atoms with E-state index in [-0.39, 0.29) is 19.3 Å². The van der Waals surface area contributed by atoms with Crippen molar-refractivity contribution in [1.29, 1.82) is 0 Å². The van der Waals surface area contributed by atoms with Crippen molar-refractivity contribution in [3.63, 3.8) is 0 Å². The van der Waals surface area contributed by atoms with Gasteiger partial charge in [0.25, 0.3) is 0 Å². The van der Waals surface area contributed by atoms with E-state index >= 15 is 0 Å². The predicted octanol–water partition coefficient (Wildman–Crippen LogP) is -0.0641. The number of aliphatic hydroxyl groups is 4. The zero-order chi connectivity index (χ0) is 19.1. The smallest absolute Gasteiger partial charge is 0.407 e. The fraction of sp³-hybridized carbons (Fsp3) is 0.812. The van der Waals surface area contributed by atoms with Crippen LogP contribution in [-0.4, -0.2) is 75.8 Å². The van der Waals surface area contributed by atoms with Crippen molar-refractivity contribution in [2.75, 3.05) is 13.2 Å². The summed E-state index contributed by atoms with van der Waals surface area (Å²) in [6, 6.07) is 0. The Morgan fingerprint density at radius 2 is 1.62 bits per heavy atom. The van der Waals surface area contributed by atoms with Gasteiger partial charge in [0.2, 0.25) is 0 Å². The summed E-state index contributed by atoms with van der Waals surface area (Å²) in [5.41, 5.74) is 0.0551. The molecule has 0 aliphatic heterocycles. The second kappa shape index (κ2) is 9.95. The number of carbonyl (C=O) groups excluding carboxylic acids is 1. The van der Waals surface area contributed by atoms with Gasteiger partial charge in [-0.3, -0.25) is 0 Å². The Balaban J connectivity index is 4.32. The zero-order valence-corrected chi connectivity index (χ0v) is 15.0. The van der Waals surface area contributed by atoms with Crippen LogP contribution in [0, 0.1) is 0 Å². The van der Waals surface area contributed by atoms with Gasteiger partial charge in [0.1, 0.15) is 23.9 Å². The van der Waals surface area contributed by atoms with Gasteiger partial charge in [-0.2, -0.15) is 0 Å². The first-order valence-corrected chi connectivity index (χ1v) is 7.81. The molecule has 8 nitrogen and oxygen atoms in total. The molecule has 8 heteroatoms. The normalized spacial score (nSPS) is 18.2. The SMILES string of the molecule is C=C(C)C(C)OCC(O)C(O)C(O)C(O)CNC(=O)OC(C)(C)C. The second-order valence-corrected chi connectivity index (χ2v) is 6.82. The first-order chi connectivity index (χ1) is 10.8. The summed E-state index contributed by atoms with van der Waals surface area (Å²) in [6.45, 7) is 11.7. The van der Waals surface area contributed by atoms with Crippen molar-refractivity contribution in [3.05, 3.63) is 12.2 Å². The summed E-state index contributed by atoms with van der Waals surface area (Å²) in [7, 11) is 0. The number of hydrogen-bond acceptors (Lipinski definition) is 7. The summed E-state index contributed by atoms with van der Waals surface area (Å²) < 4.78 is 10.3. The molecule has 142 valence electrons. The quantitative estimate of drug-likeness (QED) is 0.369. The second-order valence-electron chi connectivity index (χ2n) is 6.82. The van der Waals surface area contributed by atoms with E-state index in [9.17, 15) is 25.2 Å². The number of aliphatic hydroxyl groups excluding tert-OH is 4. The largest absolute Gasteiger partial charge is 0.444 e. The fourth-order valence-corrected chi connectivity index (χ4v) is 1.56. The van der Waals surface area contributed by atoms with Crippen LogP contribution in [0.1, 0.15) is 34.6 Å². The molecule has 0 aromatic rings. The average Bonchev–Trinajstić information content (AvgIpc) is 2.46. The molecule has 0 saturated heterocycles. The van der Waals surface area contributed by atoms with Gasteiger partial charge in [-0.1, -0.05) is 12.2 Å². The van der Waals surface area contributed by atoms with Gasteiger partial charge in [-0.25, -0.2) is 4.79 Å². The van der Waals surface area contributed by atoms with Gasteiger partial charge in [0, 0.05) is 6.54 Å². The van der Waals surface area contributed by atoms with E-state index in [0.717, 1.165) is 5.57 Å². The van der Waals surface area contributed by atoms with E-state index in [1.54, 1.807) is 34.6 Å². The molecule has 0 aromatic carbocycles. The van der Waals surface area contributed by atoms with Gasteiger partial charge in [-0.15, -0.1) is 0 Å². The first kappa shape index (κ1) is 22.8. The number of alkyl carbamates (subject to hydrolysis) is 1. The summed E-state index contributed by atoms with van der Waals surface area (Å²) in [6.07, 6.45) is -7.28. The fourth-order valence-electron chi connectivity index (χ4n) is 1.56. The van der Waals surface area contributed by atoms with Gasteiger partial charge >= 0.3 is 6.09 Å². The molecular weight excluding hydrogens is 318 g/mol. The van der Waals surface area contributed by atoms with Crippen LogP contribution in [0.2, 0.25) is 0 Å². The molecule has 0 rings (SSSR count). The lowest BCUT2D eigenvalue weighted by molar-refractivity contribution is -0.124. The van der Waals surface area contributed by atoms with Gasteiger partial charge in [0.05, 0.1) is 18.8 Å². The molecule has 0 radical (unpaired) electrons. The highest BCUT2D eigenvalue weighted by molar-refractivity contribution is 5.67. The van der Waals surface area contributed by atoms with E-state index in [4.69, 9.17) is 9.47 Å². The number of amides is 1. The highest BCUT2D eigenvalue weighted by Gasteiger charge is 2.31. The van der Waals surface area contributed by atoms with Crippen molar-refractivity contribution in [1.82, 2.24) is 5.32 Å².